The summed E-state index contributed by atoms with van der Waals surface area (Å²) >= 11 is 0. The molecule has 3 heteroatoms. The summed E-state index contributed by atoms with van der Waals surface area (Å²) in [6.45, 7) is 13.8. The van der Waals surface area contributed by atoms with Crippen LogP contribution in [0.25, 0.3) is 0 Å². The molecule has 0 radical (unpaired) electrons. The summed E-state index contributed by atoms with van der Waals surface area (Å²) < 4.78 is 6.05. The van der Waals surface area contributed by atoms with Gasteiger partial charge < -0.3 is 15.0 Å². The van der Waals surface area contributed by atoms with E-state index in [2.05, 4.69) is 52.0 Å². The highest BCUT2D eigenvalue weighted by molar-refractivity contribution is 4.88. The quantitative estimate of drug-likeness (QED) is 0.577. The van der Waals surface area contributed by atoms with E-state index in [1.165, 1.54) is 45.1 Å². The minimum atomic E-state index is 0.463. The van der Waals surface area contributed by atoms with Gasteiger partial charge in [-0.3, -0.25) is 0 Å². The zero-order chi connectivity index (χ0) is 17.3. The molecule has 1 aliphatic rings. The average Bonchev–Trinajstić information content (AvgIpc) is 2.49. The van der Waals surface area contributed by atoms with Gasteiger partial charge in [-0.2, -0.15) is 0 Å². The average molecular weight is 327 g/mol. The molecule has 1 fully saturated rings. The fourth-order valence-electron chi connectivity index (χ4n) is 3.62. The molecule has 1 aliphatic heterocycles. The largest absolute Gasteiger partial charge is 0.378 e. The van der Waals surface area contributed by atoms with E-state index in [4.69, 9.17) is 4.74 Å². The molecular weight excluding hydrogens is 284 g/mol. The van der Waals surface area contributed by atoms with Gasteiger partial charge in [-0.05, 0) is 83.1 Å². The van der Waals surface area contributed by atoms with Gasteiger partial charge in [0, 0.05) is 6.61 Å². The second-order valence-electron chi connectivity index (χ2n) is 8.70. The summed E-state index contributed by atoms with van der Waals surface area (Å²) in [5.41, 5.74) is 0.506. The van der Waals surface area contributed by atoms with Crippen molar-refractivity contribution >= 4 is 0 Å². The number of hydrogen-bond acceptors (Lipinski definition) is 3. The third-order valence-corrected chi connectivity index (χ3v) is 5.39. The number of nitrogens with zero attached hydrogens (tertiary/aromatic N) is 1. The van der Waals surface area contributed by atoms with Gasteiger partial charge in [0.2, 0.25) is 0 Å². The molecule has 0 saturated carbocycles. The van der Waals surface area contributed by atoms with Gasteiger partial charge in [0.15, 0.2) is 0 Å². The first-order valence-electron chi connectivity index (χ1n) is 9.82. The lowest BCUT2D eigenvalue weighted by molar-refractivity contribution is -0.0761. The van der Waals surface area contributed by atoms with E-state index in [9.17, 15) is 0 Å². The molecule has 0 spiro atoms. The van der Waals surface area contributed by atoms with Crippen LogP contribution in [0.2, 0.25) is 0 Å². The molecule has 1 rings (SSSR count). The van der Waals surface area contributed by atoms with Crippen LogP contribution in [0.4, 0.5) is 0 Å². The fraction of sp³-hybridized carbons (Fsp3) is 1.00. The zero-order valence-corrected chi connectivity index (χ0v) is 16.7. The Labute approximate surface area is 145 Å². The summed E-state index contributed by atoms with van der Waals surface area (Å²) in [5.74, 6) is 1.45. The maximum atomic E-state index is 6.05. The van der Waals surface area contributed by atoms with E-state index in [0.29, 0.717) is 17.4 Å². The Bertz CT molecular complexity index is 304. The Kier molecular flexibility index (Phi) is 9.72. The highest BCUT2D eigenvalue weighted by atomic mass is 16.5. The van der Waals surface area contributed by atoms with Crippen molar-refractivity contribution < 1.29 is 4.74 Å². The van der Waals surface area contributed by atoms with Crippen LogP contribution in [-0.4, -0.2) is 51.3 Å². The molecule has 138 valence electrons. The van der Waals surface area contributed by atoms with Gasteiger partial charge in [0.25, 0.3) is 0 Å². The lowest BCUT2D eigenvalue weighted by Crippen LogP contribution is -2.40. The SMILES string of the molecule is CC(C)CC[C@]1(CCNCCCN(C)C)CCO[C@@H](C(C)C)C1. The number of hydrogen-bond donors (Lipinski definition) is 1. The molecule has 0 amide bonds. The standard InChI is InChI=1S/C20H42N2O/c1-17(2)8-9-20(10-13-21-12-7-14-22(5)6)11-15-23-19(16-20)18(3)4/h17-19,21H,7-16H2,1-6H3/t19-,20+/m1/s1. The first kappa shape index (κ1) is 20.9. The first-order chi connectivity index (χ1) is 10.8. The van der Waals surface area contributed by atoms with Crippen LogP contribution in [-0.2, 0) is 4.74 Å². The second-order valence-corrected chi connectivity index (χ2v) is 8.70. The summed E-state index contributed by atoms with van der Waals surface area (Å²) in [7, 11) is 4.30. The molecule has 3 nitrogen and oxygen atoms in total. The lowest BCUT2D eigenvalue weighted by Gasteiger charge is -2.43. The van der Waals surface area contributed by atoms with Crippen molar-refractivity contribution in [3.8, 4) is 0 Å². The van der Waals surface area contributed by atoms with E-state index < -0.39 is 0 Å². The predicted octanol–water partition coefficient (Wildman–Crippen LogP) is 4.18. The normalized spacial score (nSPS) is 25.7. The van der Waals surface area contributed by atoms with Crippen LogP contribution >= 0.6 is 0 Å². The molecule has 1 N–H and O–H groups in total. The van der Waals surface area contributed by atoms with Crippen LogP contribution in [0.5, 0.6) is 0 Å². The zero-order valence-electron chi connectivity index (χ0n) is 16.7. The van der Waals surface area contributed by atoms with E-state index in [1.807, 2.05) is 0 Å². The third-order valence-electron chi connectivity index (χ3n) is 5.39. The molecule has 0 aromatic rings. The molecule has 0 bridgehead atoms. The van der Waals surface area contributed by atoms with Crippen LogP contribution in [0.15, 0.2) is 0 Å². The summed E-state index contributed by atoms with van der Waals surface area (Å²) in [6.07, 6.45) is 8.25. The first-order valence-corrected chi connectivity index (χ1v) is 9.82. The van der Waals surface area contributed by atoms with Gasteiger partial charge in [0.1, 0.15) is 0 Å². The highest BCUT2D eigenvalue weighted by Crippen LogP contribution is 2.43. The van der Waals surface area contributed by atoms with Crippen molar-refractivity contribution in [1.29, 1.82) is 0 Å². The fourth-order valence-corrected chi connectivity index (χ4v) is 3.62. The maximum Gasteiger partial charge on any atom is 0.0603 e. The van der Waals surface area contributed by atoms with Gasteiger partial charge in [-0.1, -0.05) is 34.1 Å². The van der Waals surface area contributed by atoms with Crippen molar-refractivity contribution in [1.82, 2.24) is 10.2 Å². The minimum absolute atomic E-state index is 0.463. The Morgan fingerprint density at radius 3 is 2.48 bits per heavy atom. The van der Waals surface area contributed by atoms with Crippen LogP contribution < -0.4 is 5.32 Å². The van der Waals surface area contributed by atoms with Crippen molar-refractivity contribution in [2.75, 3.05) is 40.3 Å². The molecule has 2 atom stereocenters. The Hall–Kier alpha value is -0.120. The van der Waals surface area contributed by atoms with Crippen molar-refractivity contribution in [2.45, 2.75) is 72.3 Å². The summed E-state index contributed by atoms with van der Waals surface area (Å²) in [4.78, 5) is 2.26. The van der Waals surface area contributed by atoms with E-state index in [-0.39, 0.29) is 0 Å². The number of rotatable bonds is 11. The Morgan fingerprint density at radius 2 is 1.87 bits per heavy atom. The third kappa shape index (κ3) is 8.51. The Balaban J connectivity index is 2.45. The molecular formula is C20H42N2O. The van der Waals surface area contributed by atoms with E-state index >= 15 is 0 Å². The predicted molar refractivity (Wildman–Crippen MR) is 101 cm³/mol. The van der Waals surface area contributed by atoms with Gasteiger partial charge in [-0.15, -0.1) is 0 Å². The number of ether oxygens (including phenoxy) is 1. The second kappa shape index (κ2) is 10.7. The van der Waals surface area contributed by atoms with E-state index in [1.54, 1.807) is 0 Å². The van der Waals surface area contributed by atoms with Gasteiger partial charge >= 0.3 is 0 Å². The molecule has 0 aromatic carbocycles. The van der Waals surface area contributed by atoms with Gasteiger partial charge in [0.05, 0.1) is 6.10 Å². The van der Waals surface area contributed by atoms with Crippen LogP contribution in [0, 0.1) is 17.3 Å². The molecule has 0 unspecified atom stereocenters. The lowest BCUT2D eigenvalue weighted by atomic mass is 9.69. The molecule has 0 aliphatic carbocycles. The summed E-state index contributed by atoms with van der Waals surface area (Å²) in [5, 5.41) is 3.68. The van der Waals surface area contributed by atoms with Crippen molar-refractivity contribution in [3.05, 3.63) is 0 Å². The Morgan fingerprint density at radius 1 is 1.13 bits per heavy atom. The minimum Gasteiger partial charge on any atom is -0.378 e. The highest BCUT2D eigenvalue weighted by Gasteiger charge is 2.37. The summed E-state index contributed by atoms with van der Waals surface area (Å²) in [6, 6.07) is 0. The molecule has 1 saturated heterocycles. The molecule has 0 aromatic heterocycles. The van der Waals surface area contributed by atoms with Gasteiger partial charge in [-0.25, -0.2) is 0 Å². The van der Waals surface area contributed by atoms with Crippen molar-refractivity contribution in [3.63, 3.8) is 0 Å². The topological polar surface area (TPSA) is 24.5 Å². The van der Waals surface area contributed by atoms with E-state index in [0.717, 1.165) is 25.6 Å². The monoisotopic (exact) mass is 326 g/mol. The smallest absolute Gasteiger partial charge is 0.0603 e. The van der Waals surface area contributed by atoms with Crippen LogP contribution in [0.1, 0.15) is 66.2 Å². The maximum absolute atomic E-state index is 6.05. The van der Waals surface area contributed by atoms with Crippen LogP contribution in [0.3, 0.4) is 0 Å². The van der Waals surface area contributed by atoms with Crippen molar-refractivity contribution in [2.24, 2.45) is 17.3 Å². The molecule has 23 heavy (non-hydrogen) atoms. The number of nitrogens with one attached hydrogen (secondary N) is 1. The molecule has 1 heterocycles.